The normalized spacial score (nSPS) is 11.7. The Morgan fingerprint density at radius 3 is 2.79 bits per heavy atom. The van der Waals surface area contributed by atoms with Gasteiger partial charge < -0.3 is 5.73 Å². The molecule has 0 aliphatic heterocycles. The van der Waals surface area contributed by atoms with E-state index in [0.29, 0.717) is 10.2 Å². The summed E-state index contributed by atoms with van der Waals surface area (Å²) >= 11 is 3.22. The molecule has 8 heteroatoms. The van der Waals surface area contributed by atoms with Crippen LogP contribution in [0.5, 0.6) is 0 Å². The molecule has 0 atom stereocenters. The van der Waals surface area contributed by atoms with E-state index in [-0.39, 0.29) is 11.4 Å². The van der Waals surface area contributed by atoms with Gasteiger partial charge in [0.1, 0.15) is 0 Å². The van der Waals surface area contributed by atoms with Gasteiger partial charge in [-0.2, -0.15) is 5.10 Å². The molecule has 0 unspecified atom stereocenters. The summed E-state index contributed by atoms with van der Waals surface area (Å²) in [4.78, 5) is 0.136. The molecule has 19 heavy (non-hydrogen) atoms. The van der Waals surface area contributed by atoms with Gasteiger partial charge in [0.05, 0.1) is 11.1 Å². The van der Waals surface area contributed by atoms with Gasteiger partial charge in [0.2, 0.25) is 10.0 Å². The van der Waals surface area contributed by atoms with Crippen molar-refractivity contribution in [2.45, 2.75) is 11.4 Å². The molecule has 0 fully saturated rings. The Hall–Kier alpha value is -1.38. The van der Waals surface area contributed by atoms with E-state index in [0.717, 1.165) is 5.56 Å². The maximum atomic E-state index is 12.1. The van der Waals surface area contributed by atoms with Crippen LogP contribution < -0.4 is 10.5 Å². The van der Waals surface area contributed by atoms with Crippen LogP contribution in [0.2, 0.25) is 0 Å². The lowest BCUT2D eigenvalue weighted by Gasteiger charge is -2.07. The summed E-state index contributed by atoms with van der Waals surface area (Å²) in [6, 6.07) is 4.51. The summed E-state index contributed by atoms with van der Waals surface area (Å²) in [5, 5.41) is 3.97. The highest BCUT2D eigenvalue weighted by molar-refractivity contribution is 9.10. The quantitative estimate of drug-likeness (QED) is 0.816. The minimum Gasteiger partial charge on any atom is -0.398 e. The molecule has 2 aromatic rings. The number of hydrogen-bond donors (Lipinski definition) is 2. The molecule has 0 bridgehead atoms. The second-order valence-corrected chi connectivity index (χ2v) is 6.65. The van der Waals surface area contributed by atoms with Crippen molar-refractivity contribution in [1.82, 2.24) is 14.5 Å². The zero-order chi connectivity index (χ0) is 14.0. The molecular weight excluding hydrogens is 332 g/mol. The molecule has 0 amide bonds. The minimum atomic E-state index is -3.58. The molecule has 0 saturated heterocycles. The lowest BCUT2D eigenvalue weighted by atomic mass is 10.3. The molecule has 0 spiro atoms. The summed E-state index contributed by atoms with van der Waals surface area (Å²) in [6.45, 7) is 0.187. The molecule has 0 aliphatic carbocycles. The Morgan fingerprint density at radius 1 is 1.47 bits per heavy atom. The Bertz CT molecular complexity index is 696. The fourth-order valence-corrected chi connectivity index (χ4v) is 2.81. The van der Waals surface area contributed by atoms with E-state index < -0.39 is 10.0 Å². The van der Waals surface area contributed by atoms with Crippen LogP contribution in [0, 0.1) is 0 Å². The Kier molecular flexibility index (Phi) is 3.93. The number of aromatic nitrogens is 2. The van der Waals surface area contributed by atoms with Gasteiger partial charge in [-0.3, -0.25) is 4.68 Å². The topological polar surface area (TPSA) is 90.0 Å². The van der Waals surface area contributed by atoms with Gasteiger partial charge in [0.15, 0.2) is 0 Å². The summed E-state index contributed by atoms with van der Waals surface area (Å²) in [6.07, 6.45) is 3.36. The molecule has 1 aromatic carbocycles. The van der Waals surface area contributed by atoms with Crippen LogP contribution in [0.4, 0.5) is 5.69 Å². The Balaban J connectivity index is 2.16. The van der Waals surface area contributed by atoms with Crippen LogP contribution in [-0.4, -0.2) is 18.2 Å². The fourth-order valence-electron chi connectivity index (χ4n) is 1.51. The predicted molar refractivity (Wildman–Crippen MR) is 75.8 cm³/mol. The number of aryl methyl sites for hydroxylation is 1. The van der Waals surface area contributed by atoms with Crippen molar-refractivity contribution >= 4 is 31.6 Å². The van der Waals surface area contributed by atoms with E-state index in [1.54, 1.807) is 30.2 Å². The molecule has 6 nitrogen and oxygen atoms in total. The Morgan fingerprint density at radius 2 is 2.21 bits per heavy atom. The van der Waals surface area contributed by atoms with Crippen molar-refractivity contribution in [1.29, 1.82) is 0 Å². The third-order valence-corrected chi connectivity index (χ3v) is 4.62. The van der Waals surface area contributed by atoms with Gasteiger partial charge in [0.25, 0.3) is 0 Å². The number of benzene rings is 1. The van der Waals surface area contributed by atoms with E-state index >= 15 is 0 Å². The number of nitrogens with one attached hydrogen (secondary N) is 1. The van der Waals surface area contributed by atoms with Crippen LogP contribution in [0.15, 0.2) is 40.0 Å². The smallest absolute Gasteiger partial charge is 0.240 e. The first kappa shape index (κ1) is 14.0. The summed E-state index contributed by atoms with van der Waals surface area (Å²) in [5.41, 5.74) is 6.84. The van der Waals surface area contributed by atoms with Gasteiger partial charge >= 0.3 is 0 Å². The van der Waals surface area contributed by atoms with Crippen molar-refractivity contribution in [3.8, 4) is 0 Å². The summed E-state index contributed by atoms with van der Waals surface area (Å²) in [5.74, 6) is 0. The summed E-state index contributed by atoms with van der Waals surface area (Å²) < 4.78 is 28.9. The highest BCUT2D eigenvalue weighted by Crippen LogP contribution is 2.22. The van der Waals surface area contributed by atoms with E-state index in [4.69, 9.17) is 5.73 Å². The lowest BCUT2D eigenvalue weighted by molar-refractivity contribution is 0.581. The van der Waals surface area contributed by atoms with Crippen molar-refractivity contribution in [3.63, 3.8) is 0 Å². The zero-order valence-electron chi connectivity index (χ0n) is 10.2. The highest BCUT2D eigenvalue weighted by atomic mass is 79.9. The van der Waals surface area contributed by atoms with Crippen LogP contribution in [0.1, 0.15) is 5.56 Å². The highest BCUT2D eigenvalue weighted by Gasteiger charge is 2.15. The van der Waals surface area contributed by atoms with Crippen molar-refractivity contribution in [2.75, 3.05) is 5.73 Å². The van der Waals surface area contributed by atoms with E-state index in [9.17, 15) is 8.42 Å². The average molecular weight is 345 g/mol. The third kappa shape index (κ3) is 3.34. The number of nitrogens with two attached hydrogens (primary N) is 1. The lowest BCUT2D eigenvalue weighted by Crippen LogP contribution is -2.23. The molecule has 102 valence electrons. The molecular formula is C11H13BrN4O2S. The van der Waals surface area contributed by atoms with Crippen LogP contribution >= 0.6 is 15.9 Å². The van der Waals surface area contributed by atoms with E-state index in [1.165, 1.54) is 12.1 Å². The average Bonchev–Trinajstić information content (AvgIpc) is 2.76. The number of sulfonamides is 1. The molecule has 1 aromatic heterocycles. The number of hydrogen-bond acceptors (Lipinski definition) is 4. The number of rotatable bonds is 4. The number of nitrogens with zero attached hydrogens (tertiary/aromatic N) is 2. The van der Waals surface area contributed by atoms with Crippen molar-refractivity contribution in [3.05, 3.63) is 40.6 Å². The predicted octanol–water partition coefficient (Wildman–Crippen LogP) is 1.24. The van der Waals surface area contributed by atoms with Gasteiger partial charge in [0, 0.05) is 35.5 Å². The first-order valence-corrected chi connectivity index (χ1v) is 7.68. The first-order chi connectivity index (χ1) is 8.88. The number of anilines is 1. The van der Waals surface area contributed by atoms with Crippen LogP contribution in [0.25, 0.3) is 0 Å². The monoisotopic (exact) mass is 344 g/mol. The van der Waals surface area contributed by atoms with Gasteiger partial charge in [-0.15, -0.1) is 0 Å². The molecule has 0 radical (unpaired) electrons. The zero-order valence-corrected chi connectivity index (χ0v) is 12.6. The van der Waals surface area contributed by atoms with Crippen LogP contribution in [0.3, 0.4) is 0 Å². The summed E-state index contributed by atoms with van der Waals surface area (Å²) in [7, 11) is -1.81. The Labute approximate surface area is 119 Å². The molecule has 1 heterocycles. The van der Waals surface area contributed by atoms with Gasteiger partial charge in [-0.25, -0.2) is 13.1 Å². The molecule has 3 N–H and O–H groups in total. The van der Waals surface area contributed by atoms with Gasteiger partial charge in [-0.1, -0.05) is 0 Å². The van der Waals surface area contributed by atoms with Crippen molar-refractivity contribution in [2.24, 2.45) is 7.05 Å². The SMILES string of the molecule is Cn1cc(CNS(=O)(=O)c2ccc(Br)c(N)c2)cn1. The molecule has 2 rings (SSSR count). The second kappa shape index (κ2) is 5.32. The third-order valence-electron chi connectivity index (χ3n) is 2.50. The largest absolute Gasteiger partial charge is 0.398 e. The minimum absolute atomic E-state index is 0.136. The van der Waals surface area contributed by atoms with E-state index in [2.05, 4.69) is 25.8 Å². The van der Waals surface area contributed by atoms with Crippen molar-refractivity contribution < 1.29 is 8.42 Å². The standard InChI is InChI=1S/C11H13BrN4O2S/c1-16-7-8(5-14-16)6-15-19(17,18)9-2-3-10(12)11(13)4-9/h2-5,7,15H,6,13H2,1H3. The van der Waals surface area contributed by atoms with Gasteiger partial charge in [-0.05, 0) is 34.1 Å². The number of halogens is 1. The maximum Gasteiger partial charge on any atom is 0.240 e. The first-order valence-electron chi connectivity index (χ1n) is 5.41. The van der Waals surface area contributed by atoms with E-state index in [1.807, 2.05) is 0 Å². The fraction of sp³-hybridized carbons (Fsp3) is 0.182. The number of nitrogen functional groups attached to an aromatic ring is 1. The molecule has 0 saturated carbocycles. The van der Waals surface area contributed by atoms with Crippen LogP contribution in [-0.2, 0) is 23.6 Å². The molecule has 0 aliphatic rings. The second-order valence-electron chi connectivity index (χ2n) is 4.03. The maximum absolute atomic E-state index is 12.1.